The Bertz CT molecular complexity index is 612. The van der Waals surface area contributed by atoms with Gasteiger partial charge in [-0.2, -0.15) is 0 Å². The van der Waals surface area contributed by atoms with Crippen molar-refractivity contribution in [1.82, 2.24) is 20.0 Å². The fourth-order valence-corrected chi connectivity index (χ4v) is 3.89. The van der Waals surface area contributed by atoms with E-state index in [-0.39, 0.29) is 6.10 Å². The van der Waals surface area contributed by atoms with Crippen molar-refractivity contribution in [1.29, 1.82) is 0 Å². The molecule has 2 aliphatic heterocycles. The minimum absolute atomic E-state index is 0.233. The highest BCUT2D eigenvalue weighted by Gasteiger charge is 2.23. The van der Waals surface area contributed by atoms with Gasteiger partial charge in [0.25, 0.3) is 0 Å². The van der Waals surface area contributed by atoms with Crippen LogP contribution in [0.1, 0.15) is 31.4 Å². The van der Waals surface area contributed by atoms with Crippen molar-refractivity contribution in [3.63, 3.8) is 0 Å². The molecule has 0 aliphatic carbocycles. The summed E-state index contributed by atoms with van der Waals surface area (Å²) < 4.78 is 0. The van der Waals surface area contributed by atoms with Gasteiger partial charge in [0.15, 0.2) is 5.96 Å². The van der Waals surface area contributed by atoms with Crippen molar-refractivity contribution >= 4 is 5.96 Å². The molecule has 0 unspecified atom stereocenters. The molecule has 150 valence electrons. The lowest BCUT2D eigenvalue weighted by molar-refractivity contribution is 0.131. The Balaban J connectivity index is 1.64. The largest absolute Gasteiger partial charge is 0.391 e. The van der Waals surface area contributed by atoms with Crippen molar-refractivity contribution in [3.8, 4) is 0 Å². The van der Waals surface area contributed by atoms with E-state index in [9.17, 15) is 5.11 Å². The maximum Gasteiger partial charge on any atom is 0.194 e. The molecule has 0 radical (unpaired) electrons. The summed E-state index contributed by atoms with van der Waals surface area (Å²) >= 11 is 0. The maximum absolute atomic E-state index is 9.83. The minimum atomic E-state index is -0.233. The Hall–Kier alpha value is -1.63. The zero-order valence-corrected chi connectivity index (χ0v) is 16.9. The van der Waals surface area contributed by atoms with E-state index in [1.54, 1.807) is 0 Å². The van der Waals surface area contributed by atoms with E-state index in [1.807, 2.05) is 0 Å². The maximum atomic E-state index is 9.83. The van der Waals surface area contributed by atoms with E-state index in [0.29, 0.717) is 13.1 Å². The van der Waals surface area contributed by atoms with Crippen molar-refractivity contribution in [2.24, 2.45) is 4.99 Å². The van der Waals surface area contributed by atoms with Gasteiger partial charge < -0.3 is 20.2 Å². The van der Waals surface area contributed by atoms with Crippen LogP contribution in [0.3, 0.4) is 0 Å². The standard InChI is InChI=1S/C21H35N5O/c1-3-22-21(26-10-9-20(27)17-26)23-15-18-7-5-6-8-19(18)16-25-13-11-24(4-2)12-14-25/h5-8,20,27H,3-4,9-17H2,1-2H3,(H,22,23)/t20-/m1/s1. The van der Waals surface area contributed by atoms with Gasteiger partial charge in [-0.15, -0.1) is 0 Å². The molecule has 2 heterocycles. The first-order valence-electron chi connectivity index (χ1n) is 10.4. The zero-order chi connectivity index (χ0) is 19.1. The number of likely N-dealkylation sites (N-methyl/N-ethyl adjacent to an activating group) is 1. The summed E-state index contributed by atoms with van der Waals surface area (Å²) in [6.07, 6.45) is 0.591. The monoisotopic (exact) mass is 373 g/mol. The molecule has 27 heavy (non-hydrogen) atoms. The van der Waals surface area contributed by atoms with Crippen LogP contribution in [0.15, 0.2) is 29.3 Å². The summed E-state index contributed by atoms with van der Waals surface area (Å²) in [4.78, 5) is 12.1. The molecule has 1 atom stereocenters. The van der Waals surface area contributed by atoms with Crippen LogP contribution in [0.2, 0.25) is 0 Å². The van der Waals surface area contributed by atoms with E-state index in [0.717, 1.165) is 51.6 Å². The third kappa shape index (κ3) is 5.67. The first kappa shape index (κ1) is 20.1. The summed E-state index contributed by atoms with van der Waals surface area (Å²) in [5, 5.41) is 13.2. The first-order chi connectivity index (χ1) is 13.2. The van der Waals surface area contributed by atoms with Crippen LogP contribution in [0, 0.1) is 0 Å². The number of likely N-dealkylation sites (tertiary alicyclic amines) is 1. The minimum Gasteiger partial charge on any atom is -0.391 e. The molecule has 2 aliphatic rings. The average Bonchev–Trinajstić information content (AvgIpc) is 3.13. The van der Waals surface area contributed by atoms with E-state index in [1.165, 1.54) is 24.2 Å². The number of rotatable bonds is 6. The number of aliphatic imine (C=N–C) groups is 1. The molecule has 0 saturated carbocycles. The second kappa shape index (κ2) is 10.1. The molecule has 2 N–H and O–H groups in total. The lowest BCUT2D eigenvalue weighted by atomic mass is 10.1. The number of nitrogens with one attached hydrogen (secondary N) is 1. The van der Waals surface area contributed by atoms with Crippen LogP contribution < -0.4 is 5.32 Å². The number of hydrogen-bond donors (Lipinski definition) is 2. The number of aliphatic hydroxyl groups is 1. The average molecular weight is 374 g/mol. The van der Waals surface area contributed by atoms with Gasteiger partial charge in [0.2, 0.25) is 0 Å². The van der Waals surface area contributed by atoms with E-state index < -0.39 is 0 Å². The number of guanidine groups is 1. The molecule has 0 aromatic heterocycles. The molecule has 6 heteroatoms. The highest BCUT2D eigenvalue weighted by Crippen LogP contribution is 2.16. The molecule has 1 aromatic rings. The Labute approximate surface area is 163 Å². The quantitative estimate of drug-likeness (QED) is 0.582. The topological polar surface area (TPSA) is 54.3 Å². The summed E-state index contributed by atoms with van der Waals surface area (Å²) in [6, 6.07) is 8.68. The summed E-state index contributed by atoms with van der Waals surface area (Å²) in [6.45, 7) is 14.2. The number of hydrogen-bond acceptors (Lipinski definition) is 4. The SMILES string of the molecule is CCNC(=NCc1ccccc1CN1CCN(CC)CC1)N1CC[C@@H](O)C1. The Morgan fingerprint density at radius 1 is 1.07 bits per heavy atom. The van der Waals surface area contributed by atoms with Gasteiger partial charge in [-0.05, 0) is 31.0 Å². The zero-order valence-electron chi connectivity index (χ0n) is 16.9. The normalized spacial score (nSPS) is 22.4. The summed E-state index contributed by atoms with van der Waals surface area (Å²) in [5.74, 6) is 0.917. The fourth-order valence-electron chi connectivity index (χ4n) is 3.89. The van der Waals surface area contributed by atoms with E-state index >= 15 is 0 Å². The van der Waals surface area contributed by atoms with Gasteiger partial charge in [0.1, 0.15) is 0 Å². The van der Waals surface area contributed by atoms with E-state index in [4.69, 9.17) is 4.99 Å². The van der Waals surface area contributed by atoms with Gasteiger partial charge in [0, 0.05) is 52.4 Å². The Kier molecular flexibility index (Phi) is 7.50. The van der Waals surface area contributed by atoms with E-state index in [2.05, 4.69) is 58.1 Å². The smallest absolute Gasteiger partial charge is 0.194 e. The number of aliphatic hydroxyl groups excluding tert-OH is 1. The second-order valence-electron chi connectivity index (χ2n) is 7.54. The molecule has 2 fully saturated rings. The van der Waals surface area contributed by atoms with Gasteiger partial charge in [-0.3, -0.25) is 4.90 Å². The highest BCUT2D eigenvalue weighted by molar-refractivity contribution is 5.80. The van der Waals surface area contributed by atoms with Crippen LogP contribution in [0.25, 0.3) is 0 Å². The highest BCUT2D eigenvalue weighted by atomic mass is 16.3. The van der Waals surface area contributed by atoms with Crippen LogP contribution >= 0.6 is 0 Å². The molecule has 6 nitrogen and oxygen atoms in total. The van der Waals surface area contributed by atoms with Gasteiger partial charge in [0.05, 0.1) is 12.6 Å². The predicted molar refractivity (Wildman–Crippen MR) is 111 cm³/mol. The van der Waals surface area contributed by atoms with Crippen molar-refractivity contribution in [2.45, 2.75) is 39.5 Å². The predicted octanol–water partition coefficient (Wildman–Crippen LogP) is 1.36. The van der Waals surface area contributed by atoms with Gasteiger partial charge in [-0.1, -0.05) is 31.2 Å². The number of piperazine rings is 1. The molecule has 2 saturated heterocycles. The van der Waals surface area contributed by atoms with Crippen molar-refractivity contribution in [3.05, 3.63) is 35.4 Å². The number of benzene rings is 1. The number of β-amino-alcohol motifs (C(OH)–C–C–N with tert-alkyl or cyclic N) is 1. The fraction of sp³-hybridized carbons (Fsp3) is 0.667. The first-order valence-corrected chi connectivity index (χ1v) is 10.4. The van der Waals surface area contributed by atoms with Gasteiger partial charge >= 0.3 is 0 Å². The third-order valence-electron chi connectivity index (χ3n) is 5.62. The van der Waals surface area contributed by atoms with Crippen LogP contribution in [0.4, 0.5) is 0 Å². The lowest BCUT2D eigenvalue weighted by Gasteiger charge is -2.34. The Morgan fingerprint density at radius 3 is 2.41 bits per heavy atom. The van der Waals surface area contributed by atoms with Crippen molar-refractivity contribution < 1.29 is 5.11 Å². The second-order valence-corrected chi connectivity index (χ2v) is 7.54. The lowest BCUT2D eigenvalue weighted by Crippen LogP contribution is -2.45. The summed E-state index contributed by atoms with van der Waals surface area (Å²) in [7, 11) is 0. The van der Waals surface area contributed by atoms with Crippen LogP contribution in [0.5, 0.6) is 0 Å². The van der Waals surface area contributed by atoms with Crippen LogP contribution in [-0.4, -0.2) is 84.2 Å². The molecular weight excluding hydrogens is 338 g/mol. The molecule has 0 amide bonds. The summed E-state index contributed by atoms with van der Waals surface area (Å²) in [5.41, 5.74) is 2.68. The molecule has 3 rings (SSSR count). The van der Waals surface area contributed by atoms with Crippen LogP contribution in [-0.2, 0) is 13.1 Å². The van der Waals surface area contributed by atoms with Crippen molar-refractivity contribution in [2.75, 3.05) is 52.4 Å². The molecule has 1 aromatic carbocycles. The third-order valence-corrected chi connectivity index (χ3v) is 5.62. The molecule has 0 bridgehead atoms. The Morgan fingerprint density at radius 2 is 1.78 bits per heavy atom. The molecule has 0 spiro atoms. The molecular formula is C21H35N5O. The van der Waals surface area contributed by atoms with Gasteiger partial charge in [-0.25, -0.2) is 4.99 Å². The number of nitrogens with zero attached hydrogens (tertiary/aromatic N) is 4.